The number of hydrogen-bond acceptors (Lipinski definition) is 11. The Labute approximate surface area is 229 Å². The van der Waals surface area contributed by atoms with E-state index in [0.29, 0.717) is 0 Å². The van der Waals surface area contributed by atoms with E-state index in [9.17, 15) is 34.5 Å². The molecule has 218 valence electrons. The first-order valence-electron chi connectivity index (χ1n) is 11.2. The second-order valence-electron chi connectivity index (χ2n) is 10.9. The van der Waals surface area contributed by atoms with Crippen LogP contribution < -0.4 is 22.1 Å². The molecule has 0 aromatic rings. The van der Waals surface area contributed by atoms with Gasteiger partial charge in [0.1, 0.15) is 18.7 Å². The van der Waals surface area contributed by atoms with E-state index in [1.54, 1.807) is 27.7 Å². The maximum absolute atomic E-state index is 12.8. The molecule has 0 saturated heterocycles. The number of amides is 4. The lowest BCUT2D eigenvalue weighted by Gasteiger charge is -2.38. The first-order chi connectivity index (χ1) is 17.0. The summed E-state index contributed by atoms with van der Waals surface area (Å²) in [5.41, 5.74) is 8.57. The van der Waals surface area contributed by atoms with Gasteiger partial charge >= 0.3 is 0 Å². The van der Waals surface area contributed by atoms with Gasteiger partial charge in [-0.25, -0.2) is 0 Å². The summed E-state index contributed by atoms with van der Waals surface area (Å²) in [4.78, 5) is 69.7. The van der Waals surface area contributed by atoms with Gasteiger partial charge < -0.3 is 31.8 Å². The SMILES string of the molecule is C=[N+]([O-])OCC(C)(C)C(=O)N[C@@H](C(N)=O)C(C)(C)SSC(C)(C)C(NC(=O)C(C)(C)CO[N+](=O)[O-])C(N)=O. The zero-order chi connectivity index (χ0) is 30.3. The van der Waals surface area contributed by atoms with Crippen molar-refractivity contribution in [1.82, 2.24) is 10.6 Å². The van der Waals surface area contributed by atoms with Crippen LogP contribution in [0.15, 0.2) is 0 Å². The Morgan fingerprint density at radius 2 is 1.11 bits per heavy atom. The zero-order valence-electron chi connectivity index (χ0n) is 22.8. The summed E-state index contributed by atoms with van der Waals surface area (Å²) in [5.74, 6) is -3.00. The van der Waals surface area contributed by atoms with Crippen molar-refractivity contribution in [1.29, 1.82) is 0 Å². The molecule has 15 nitrogen and oxygen atoms in total. The Morgan fingerprint density at radius 1 is 0.789 bits per heavy atom. The summed E-state index contributed by atoms with van der Waals surface area (Å²) in [7, 11) is 2.23. The van der Waals surface area contributed by atoms with Crippen LogP contribution in [-0.4, -0.2) is 75.1 Å². The molecule has 0 aliphatic heterocycles. The summed E-state index contributed by atoms with van der Waals surface area (Å²) < 4.78 is -2.10. The zero-order valence-corrected chi connectivity index (χ0v) is 24.4. The van der Waals surface area contributed by atoms with Crippen molar-refractivity contribution in [3.05, 3.63) is 15.3 Å². The number of carbonyl (C=O) groups excluding carboxylic acids is 4. The van der Waals surface area contributed by atoms with Crippen LogP contribution in [0.5, 0.6) is 0 Å². The summed E-state index contributed by atoms with van der Waals surface area (Å²) in [6.45, 7) is 14.5. The van der Waals surface area contributed by atoms with Crippen LogP contribution in [0.1, 0.15) is 55.4 Å². The van der Waals surface area contributed by atoms with E-state index in [2.05, 4.69) is 22.2 Å². The standard InChI is InChI=1S/C21H38N6O9S2/c1-18(2,10-35-26(9)32)16(30)24-12(14(22)28)20(5,6)37-38-21(7,8)13(15(23)29)25-17(31)19(3,4)11-36-27(33)34/h12-13H,9-11H2,1-8H3,(H2,22,28)(H2,23,29)(H,24,30)(H,25,31)/t12-,13?/m0/s1. The fourth-order valence-corrected chi connectivity index (χ4v) is 5.56. The predicted molar refractivity (Wildman–Crippen MR) is 143 cm³/mol. The van der Waals surface area contributed by atoms with Crippen molar-refractivity contribution < 1.29 is 38.8 Å². The summed E-state index contributed by atoms with van der Waals surface area (Å²) in [5, 5.41) is 25.5. The van der Waals surface area contributed by atoms with Gasteiger partial charge in [0.2, 0.25) is 23.6 Å². The number of nitrogens with two attached hydrogens (primary N) is 2. The van der Waals surface area contributed by atoms with Gasteiger partial charge in [-0.15, -0.1) is 10.1 Å². The minimum Gasteiger partial charge on any atom is -0.403 e. The molecule has 0 aromatic heterocycles. The minimum atomic E-state index is -1.36. The Balaban J connectivity index is 5.66. The molecule has 6 N–H and O–H groups in total. The molecule has 0 fully saturated rings. The maximum atomic E-state index is 12.8. The number of nitrogens with zero attached hydrogens (tertiary/aromatic N) is 2. The van der Waals surface area contributed by atoms with E-state index in [1.807, 2.05) is 0 Å². The summed E-state index contributed by atoms with van der Waals surface area (Å²) in [6.07, 6.45) is 0. The molecule has 0 radical (unpaired) electrons. The Kier molecular flexibility index (Phi) is 12.2. The number of carbonyl (C=O) groups is 4. The first kappa shape index (κ1) is 35.0. The quantitative estimate of drug-likeness (QED) is 0.0597. The molecular formula is C21H38N6O9S2. The Hall–Kier alpha value is -2.95. The Bertz CT molecular complexity index is 866. The highest BCUT2D eigenvalue weighted by Gasteiger charge is 2.44. The fraction of sp³-hybridized carbons (Fsp3) is 0.762. The van der Waals surface area contributed by atoms with Crippen LogP contribution in [0.4, 0.5) is 0 Å². The van der Waals surface area contributed by atoms with E-state index < -0.39 is 67.7 Å². The summed E-state index contributed by atoms with van der Waals surface area (Å²) in [6, 6.07) is -2.42. The lowest BCUT2D eigenvalue weighted by molar-refractivity contribution is -0.760. The van der Waals surface area contributed by atoms with Gasteiger partial charge in [0.05, 0.1) is 17.4 Å². The van der Waals surface area contributed by atoms with Crippen LogP contribution in [-0.2, 0) is 28.9 Å². The van der Waals surface area contributed by atoms with Crippen LogP contribution >= 0.6 is 21.6 Å². The summed E-state index contributed by atoms with van der Waals surface area (Å²) >= 11 is 0. The molecule has 4 amide bonds. The first-order valence-corrected chi connectivity index (χ1v) is 13.4. The third-order valence-corrected chi connectivity index (χ3v) is 9.55. The van der Waals surface area contributed by atoms with Crippen LogP contribution in [0.2, 0.25) is 0 Å². The lowest BCUT2D eigenvalue weighted by atomic mass is 9.92. The van der Waals surface area contributed by atoms with E-state index in [0.717, 1.165) is 21.6 Å². The monoisotopic (exact) mass is 582 g/mol. The highest BCUT2D eigenvalue weighted by Crippen LogP contribution is 2.46. The highest BCUT2D eigenvalue weighted by atomic mass is 33.1. The lowest BCUT2D eigenvalue weighted by Crippen LogP contribution is -2.59. The van der Waals surface area contributed by atoms with Crippen molar-refractivity contribution in [2.24, 2.45) is 22.3 Å². The number of rotatable bonds is 17. The molecule has 17 heteroatoms. The average molecular weight is 583 g/mol. The van der Waals surface area contributed by atoms with Crippen molar-refractivity contribution in [2.75, 3.05) is 13.2 Å². The number of primary amides is 2. The van der Waals surface area contributed by atoms with Crippen molar-refractivity contribution in [3.63, 3.8) is 0 Å². The van der Waals surface area contributed by atoms with E-state index in [1.165, 1.54) is 27.7 Å². The predicted octanol–water partition coefficient (Wildman–Crippen LogP) is 0.268. The topological polar surface area (TPSA) is 232 Å². The van der Waals surface area contributed by atoms with Crippen molar-refractivity contribution >= 4 is 51.9 Å². The molecule has 0 rings (SSSR count). The van der Waals surface area contributed by atoms with Gasteiger partial charge in [0, 0.05) is 14.4 Å². The van der Waals surface area contributed by atoms with E-state index in [-0.39, 0.29) is 11.5 Å². The largest absolute Gasteiger partial charge is 0.403 e. The van der Waals surface area contributed by atoms with Gasteiger partial charge in [-0.05, 0) is 55.4 Å². The fourth-order valence-electron chi connectivity index (χ4n) is 2.72. The average Bonchev–Trinajstić information content (AvgIpc) is 2.76. The second-order valence-corrected chi connectivity index (χ2v) is 14.3. The second kappa shape index (κ2) is 13.2. The van der Waals surface area contributed by atoms with Crippen LogP contribution in [0.3, 0.4) is 0 Å². The van der Waals surface area contributed by atoms with Crippen LogP contribution in [0, 0.1) is 26.2 Å². The van der Waals surface area contributed by atoms with Gasteiger partial charge in [0.15, 0.2) is 6.72 Å². The van der Waals surface area contributed by atoms with Gasteiger partial charge in [0.25, 0.3) is 5.09 Å². The molecule has 38 heavy (non-hydrogen) atoms. The molecule has 2 atom stereocenters. The van der Waals surface area contributed by atoms with Crippen LogP contribution in [0.25, 0.3) is 0 Å². The highest BCUT2D eigenvalue weighted by molar-refractivity contribution is 8.77. The normalized spacial score (nSPS) is 14.0. The number of hydrogen-bond donors (Lipinski definition) is 4. The Morgan fingerprint density at radius 3 is 1.37 bits per heavy atom. The molecule has 0 aliphatic carbocycles. The molecule has 0 aromatic carbocycles. The molecular weight excluding hydrogens is 544 g/mol. The van der Waals surface area contributed by atoms with E-state index >= 15 is 0 Å². The van der Waals surface area contributed by atoms with E-state index in [4.69, 9.17) is 16.3 Å². The van der Waals surface area contributed by atoms with Crippen molar-refractivity contribution in [3.8, 4) is 0 Å². The third-order valence-electron chi connectivity index (χ3n) is 5.31. The minimum absolute atomic E-state index is 0.0382. The third kappa shape index (κ3) is 10.8. The molecule has 0 bridgehead atoms. The van der Waals surface area contributed by atoms with Gasteiger partial charge in [-0.3, -0.25) is 24.4 Å². The molecule has 0 saturated carbocycles. The molecule has 1 unspecified atom stereocenters. The number of nitrogens with one attached hydrogen (secondary N) is 2. The molecule has 0 spiro atoms. The maximum Gasteiger partial charge on any atom is 0.294 e. The van der Waals surface area contributed by atoms with Gasteiger partial charge in [-0.1, -0.05) is 21.6 Å². The molecule has 0 heterocycles. The van der Waals surface area contributed by atoms with Gasteiger partial charge in [-0.2, -0.15) is 0 Å². The molecule has 0 aliphatic rings. The smallest absolute Gasteiger partial charge is 0.294 e. The van der Waals surface area contributed by atoms with Crippen molar-refractivity contribution in [2.45, 2.75) is 77.0 Å².